The molecule has 5 heteroatoms. The lowest BCUT2D eigenvalue weighted by Crippen LogP contribution is -2.25. The molecule has 0 spiro atoms. The smallest absolute Gasteiger partial charge is 0.164 e. The average molecular weight is 240 g/mol. The van der Waals surface area contributed by atoms with Gasteiger partial charge in [-0.05, 0) is 0 Å². The van der Waals surface area contributed by atoms with Crippen LogP contribution in [-0.4, -0.2) is 41.5 Å². The lowest BCUT2D eigenvalue weighted by Gasteiger charge is -2.22. The standard InChI is InChI=1S/C12H20N2O3/c1-14(6-5-13)9-7-11(16-3)12(17-4)8-10(9)15-2/h7-8H,5-6,13H2,1-4H3. The van der Waals surface area contributed by atoms with Crippen molar-refractivity contribution in [2.75, 3.05) is 46.4 Å². The van der Waals surface area contributed by atoms with Crippen LogP contribution in [0.1, 0.15) is 0 Å². The van der Waals surface area contributed by atoms with E-state index in [0.29, 0.717) is 18.0 Å². The van der Waals surface area contributed by atoms with Crippen molar-refractivity contribution in [2.24, 2.45) is 5.73 Å². The monoisotopic (exact) mass is 240 g/mol. The van der Waals surface area contributed by atoms with Gasteiger partial charge in [-0.2, -0.15) is 0 Å². The van der Waals surface area contributed by atoms with Crippen molar-refractivity contribution in [3.8, 4) is 17.2 Å². The molecule has 0 fully saturated rings. The second-order valence-corrected chi connectivity index (χ2v) is 3.59. The molecule has 96 valence electrons. The van der Waals surface area contributed by atoms with Crippen molar-refractivity contribution in [1.82, 2.24) is 0 Å². The van der Waals surface area contributed by atoms with Crippen molar-refractivity contribution >= 4 is 5.69 Å². The maximum atomic E-state index is 5.55. The van der Waals surface area contributed by atoms with Gasteiger partial charge in [0.05, 0.1) is 27.0 Å². The van der Waals surface area contributed by atoms with E-state index in [1.807, 2.05) is 18.0 Å². The Morgan fingerprint density at radius 2 is 1.53 bits per heavy atom. The third kappa shape index (κ3) is 2.94. The molecule has 1 rings (SSSR count). The van der Waals surface area contributed by atoms with Crippen molar-refractivity contribution in [2.45, 2.75) is 0 Å². The van der Waals surface area contributed by atoms with Crippen LogP contribution in [0, 0.1) is 0 Å². The maximum Gasteiger partial charge on any atom is 0.164 e. The molecule has 1 aromatic carbocycles. The number of hydrogen-bond donors (Lipinski definition) is 1. The Morgan fingerprint density at radius 1 is 1.00 bits per heavy atom. The first-order chi connectivity index (χ1) is 8.17. The van der Waals surface area contributed by atoms with Crippen LogP contribution in [0.3, 0.4) is 0 Å². The Morgan fingerprint density at radius 3 is 2.00 bits per heavy atom. The molecule has 0 radical (unpaired) electrons. The van der Waals surface area contributed by atoms with Crippen LogP contribution >= 0.6 is 0 Å². The summed E-state index contributed by atoms with van der Waals surface area (Å²) in [5.74, 6) is 2.06. The molecular formula is C12H20N2O3. The molecule has 0 aromatic heterocycles. The fourth-order valence-corrected chi connectivity index (χ4v) is 1.63. The Balaban J connectivity index is 3.18. The number of nitrogens with two attached hydrogens (primary N) is 1. The number of rotatable bonds is 6. The second kappa shape index (κ2) is 6.20. The van der Waals surface area contributed by atoms with Crippen molar-refractivity contribution in [1.29, 1.82) is 0 Å². The predicted molar refractivity (Wildman–Crippen MR) is 68.4 cm³/mol. The van der Waals surface area contributed by atoms with E-state index >= 15 is 0 Å². The zero-order valence-corrected chi connectivity index (χ0v) is 10.8. The topological polar surface area (TPSA) is 57.0 Å². The SMILES string of the molecule is COc1cc(OC)c(N(C)CCN)cc1OC. The average Bonchev–Trinajstić information content (AvgIpc) is 2.37. The maximum absolute atomic E-state index is 5.55. The van der Waals surface area contributed by atoms with Gasteiger partial charge in [0.1, 0.15) is 5.75 Å². The fraction of sp³-hybridized carbons (Fsp3) is 0.500. The van der Waals surface area contributed by atoms with E-state index in [0.717, 1.165) is 18.0 Å². The molecule has 2 N–H and O–H groups in total. The van der Waals surface area contributed by atoms with Gasteiger partial charge in [-0.3, -0.25) is 0 Å². The first-order valence-corrected chi connectivity index (χ1v) is 5.39. The van der Waals surface area contributed by atoms with Crippen LogP contribution in [0.4, 0.5) is 5.69 Å². The van der Waals surface area contributed by atoms with Gasteiger partial charge in [0.2, 0.25) is 0 Å². The minimum Gasteiger partial charge on any atom is -0.494 e. The summed E-state index contributed by atoms with van der Waals surface area (Å²) in [6.07, 6.45) is 0. The van der Waals surface area contributed by atoms with Gasteiger partial charge in [-0.15, -0.1) is 0 Å². The van der Waals surface area contributed by atoms with Gasteiger partial charge in [-0.1, -0.05) is 0 Å². The number of nitrogens with zero attached hydrogens (tertiary/aromatic N) is 1. The molecule has 0 heterocycles. The van der Waals surface area contributed by atoms with Gasteiger partial charge in [0.25, 0.3) is 0 Å². The van der Waals surface area contributed by atoms with Crippen LogP contribution < -0.4 is 24.8 Å². The van der Waals surface area contributed by atoms with E-state index in [2.05, 4.69) is 0 Å². The van der Waals surface area contributed by atoms with E-state index in [1.165, 1.54) is 0 Å². The number of methoxy groups -OCH3 is 3. The molecule has 0 saturated heterocycles. The van der Waals surface area contributed by atoms with Crippen molar-refractivity contribution in [3.05, 3.63) is 12.1 Å². The highest BCUT2D eigenvalue weighted by molar-refractivity contribution is 5.65. The van der Waals surface area contributed by atoms with E-state index in [4.69, 9.17) is 19.9 Å². The largest absolute Gasteiger partial charge is 0.494 e. The second-order valence-electron chi connectivity index (χ2n) is 3.59. The van der Waals surface area contributed by atoms with E-state index in [1.54, 1.807) is 27.4 Å². The molecule has 0 unspecified atom stereocenters. The zero-order valence-electron chi connectivity index (χ0n) is 10.8. The van der Waals surface area contributed by atoms with E-state index in [-0.39, 0.29) is 0 Å². The highest BCUT2D eigenvalue weighted by atomic mass is 16.5. The van der Waals surface area contributed by atoms with Crippen LogP contribution in [0.15, 0.2) is 12.1 Å². The molecule has 0 saturated carbocycles. The molecule has 0 amide bonds. The van der Waals surface area contributed by atoms with Crippen molar-refractivity contribution in [3.63, 3.8) is 0 Å². The fourth-order valence-electron chi connectivity index (χ4n) is 1.63. The van der Waals surface area contributed by atoms with Crippen LogP contribution in [0.25, 0.3) is 0 Å². The molecule has 5 nitrogen and oxygen atoms in total. The number of benzene rings is 1. The van der Waals surface area contributed by atoms with Crippen molar-refractivity contribution < 1.29 is 14.2 Å². The Hall–Kier alpha value is -1.62. The lowest BCUT2D eigenvalue weighted by atomic mass is 10.2. The summed E-state index contributed by atoms with van der Waals surface area (Å²) in [6.45, 7) is 1.32. The number of anilines is 1. The molecule has 1 aromatic rings. The lowest BCUT2D eigenvalue weighted by molar-refractivity contribution is 0.349. The number of hydrogen-bond acceptors (Lipinski definition) is 5. The summed E-state index contributed by atoms with van der Waals surface area (Å²) in [4.78, 5) is 2.01. The van der Waals surface area contributed by atoms with Gasteiger partial charge < -0.3 is 24.8 Å². The summed E-state index contributed by atoms with van der Waals surface area (Å²) < 4.78 is 15.8. The quantitative estimate of drug-likeness (QED) is 0.807. The molecule has 0 aliphatic carbocycles. The van der Waals surface area contributed by atoms with Gasteiger partial charge >= 0.3 is 0 Å². The number of ether oxygens (including phenoxy) is 3. The summed E-state index contributed by atoms with van der Waals surface area (Å²) in [6, 6.07) is 3.69. The third-order valence-electron chi connectivity index (χ3n) is 2.56. The van der Waals surface area contributed by atoms with Gasteiger partial charge in [-0.25, -0.2) is 0 Å². The highest BCUT2D eigenvalue weighted by Crippen LogP contribution is 2.39. The summed E-state index contributed by atoms with van der Waals surface area (Å²) in [5, 5.41) is 0. The zero-order chi connectivity index (χ0) is 12.8. The highest BCUT2D eigenvalue weighted by Gasteiger charge is 2.14. The van der Waals surface area contributed by atoms with Crippen LogP contribution in [0.2, 0.25) is 0 Å². The Kier molecular flexibility index (Phi) is 4.90. The molecular weight excluding hydrogens is 220 g/mol. The Labute approximate surface area is 102 Å². The molecule has 17 heavy (non-hydrogen) atoms. The van der Waals surface area contributed by atoms with Crippen LogP contribution in [0.5, 0.6) is 17.2 Å². The van der Waals surface area contributed by atoms with Gasteiger partial charge in [0, 0.05) is 32.3 Å². The number of likely N-dealkylation sites (N-methyl/N-ethyl adjacent to an activating group) is 1. The first-order valence-electron chi connectivity index (χ1n) is 5.39. The van der Waals surface area contributed by atoms with Gasteiger partial charge in [0.15, 0.2) is 11.5 Å². The van der Waals surface area contributed by atoms with E-state index in [9.17, 15) is 0 Å². The van der Waals surface area contributed by atoms with Crippen LogP contribution in [-0.2, 0) is 0 Å². The third-order valence-corrected chi connectivity index (χ3v) is 2.56. The summed E-state index contributed by atoms with van der Waals surface area (Å²) in [5.41, 5.74) is 6.47. The molecule has 0 aliphatic heterocycles. The summed E-state index contributed by atoms with van der Waals surface area (Å²) >= 11 is 0. The predicted octanol–water partition coefficient (Wildman–Crippen LogP) is 1.11. The molecule has 0 bridgehead atoms. The first kappa shape index (κ1) is 13.4. The Bertz CT molecular complexity index is 369. The van der Waals surface area contributed by atoms with E-state index < -0.39 is 0 Å². The summed E-state index contributed by atoms with van der Waals surface area (Å²) in [7, 11) is 6.79. The minimum atomic E-state index is 0.577. The minimum absolute atomic E-state index is 0.577. The molecule has 0 aliphatic rings. The normalized spacial score (nSPS) is 9.94. The molecule has 0 atom stereocenters.